The first-order valence-corrected chi connectivity index (χ1v) is 4.34. The van der Waals surface area contributed by atoms with Crippen LogP contribution in [-0.2, 0) is 0 Å². The largest absolute Gasteiger partial charge is 0.378 e. The fourth-order valence-electron chi connectivity index (χ4n) is 1.05. The van der Waals surface area contributed by atoms with Crippen LogP contribution in [-0.4, -0.2) is 24.9 Å². The second-order valence-corrected chi connectivity index (χ2v) is 2.63. The summed E-state index contributed by atoms with van der Waals surface area (Å²) in [6.45, 7) is 0.409. The molecule has 1 aromatic rings. The summed E-state index contributed by atoms with van der Waals surface area (Å²) in [7, 11) is 1.73. The minimum Gasteiger partial charge on any atom is -0.378 e. The lowest BCUT2D eigenvalue weighted by atomic mass is 10.1. The van der Waals surface area contributed by atoms with Gasteiger partial charge in [-0.15, -0.1) is 0 Å². The van der Waals surface area contributed by atoms with Crippen LogP contribution in [0, 0.1) is 0 Å². The van der Waals surface area contributed by atoms with Gasteiger partial charge in [-0.05, 0) is 17.7 Å². The van der Waals surface area contributed by atoms with Gasteiger partial charge >= 0.3 is 0 Å². The Balaban J connectivity index is 2.89. The van der Waals surface area contributed by atoms with E-state index in [9.17, 15) is 0 Å². The predicted molar refractivity (Wildman–Crippen MR) is 58.8 cm³/mol. The van der Waals surface area contributed by atoms with Crippen molar-refractivity contribution in [1.82, 2.24) is 10.3 Å². The summed E-state index contributed by atoms with van der Waals surface area (Å²) in [5.41, 5.74) is 7.39. The first kappa shape index (κ1) is 10.4. The number of pyridine rings is 1. The maximum atomic E-state index is 5.34. The molecule has 0 aliphatic carbocycles. The normalized spacial score (nSPS) is 12.0. The van der Waals surface area contributed by atoms with Gasteiger partial charge in [0, 0.05) is 37.4 Å². The third kappa shape index (κ3) is 2.99. The lowest BCUT2D eigenvalue weighted by molar-refractivity contribution is 0.887. The zero-order chi connectivity index (χ0) is 10.2. The fourth-order valence-corrected chi connectivity index (χ4v) is 1.05. The first-order chi connectivity index (χ1) is 6.88. The van der Waals surface area contributed by atoms with E-state index in [1.54, 1.807) is 25.7 Å². The first-order valence-electron chi connectivity index (χ1n) is 4.34. The molecule has 0 amide bonds. The number of nitrogens with zero attached hydrogens (tertiary/aromatic N) is 2. The van der Waals surface area contributed by atoms with Crippen LogP contribution >= 0.6 is 0 Å². The molecule has 3 N–H and O–H groups in total. The molecule has 1 aromatic heterocycles. The van der Waals surface area contributed by atoms with Gasteiger partial charge in [-0.3, -0.25) is 9.98 Å². The Kier molecular flexibility index (Phi) is 4.37. The fraction of sp³-hybridized carbons (Fsp3) is 0.200. The van der Waals surface area contributed by atoms with E-state index < -0.39 is 0 Å². The molecule has 0 saturated heterocycles. The van der Waals surface area contributed by atoms with Gasteiger partial charge in [-0.2, -0.15) is 0 Å². The van der Waals surface area contributed by atoms with Crippen LogP contribution in [0.4, 0.5) is 0 Å². The molecule has 0 aliphatic rings. The summed E-state index contributed by atoms with van der Waals surface area (Å²) in [5.74, 6) is 0. The molecule has 14 heavy (non-hydrogen) atoms. The molecule has 0 unspecified atom stereocenters. The highest BCUT2D eigenvalue weighted by atomic mass is 14.9. The molecule has 0 atom stereocenters. The van der Waals surface area contributed by atoms with Crippen molar-refractivity contribution >= 4 is 11.8 Å². The molecular formula is C10H14N4. The molecule has 74 valence electrons. The summed E-state index contributed by atoms with van der Waals surface area (Å²) in [6.07, 6.45) is 7.10. The van der Waals surface area contributed by atoms with Crippen molar-refractivity contribution in [2.24, 2.45) is 10.7 Å². The number of aromatic nitrogens is 1. The minimum atomic E-state index is 0.409. The van der Waals surface area contributed by atoms with Crippen molar-refractivity contribution in [2.75, 3.05) is 13.7 Å². The average molecular weight is 190 g/mol. The Morgan fingerprint density at radius 2 is 2.29 bits per heavy atom. The van der Waals surface area contributed by atoms with Crippen molar-refractivity contribution < 1.29 is 0 Å². The lowest BCUT2D eigenvalue weighted by Crippen LogP contribution is -2.16. The number of allylic oxidation sites excluding steroid dienone is 1. The van der Waals surface area contributed by atoms with Gasteiger partial charge in [-0.1, -0.05) is 0 Å². The van der Waals surface area contributed by atoms with Crippen LogP contribution in [0.25, 0.3) is 5.57 Å². The summed E-state index contributed by atoms with van der Waals surface area (Å²) >= 11 is 0. The maximum absolute atomic E-state index is 5.34. The molecule has 0 saturated carbocycles. The number of hydrogen-bond donors (Lipinski definition) is 2. The highest BCUT2D eigenvalue weighted by Gasteiger charge is 1.96. The zero-order valence-electron chi connectivity index (χ0n) is 8.14. The van der Waals surface area contributed by atoms with Crippen molar-refractivity contribution in [3.05, 3.63) is 36.3 Å². The van der Waals surface area contributed by atoms with Gasteiger partial charge < -0.3 is 11.1 Å². The Bertz CT molecular complexity index is 316. The molecule has 0 aliphatic heterocycles. The monoisotopic (exact) mass is 190 g/mol. The number of rotatable bonds is 4. The number of aliphatic imine (C=N–C) groups is 1. The Morgan fingerprint density at radius 3 is 2.86 bits per heavy atom. The predicted octanol–water partition coefficient (Wildman–Crippen LogP) is 0.629. The minimum absolute atomic E-state index is 0.409. The zero-order valence-corrected chi connectivity index (χ0v) is 8.14. The second-order valence-electron chi connectivity index (χ2n) is 2.63. The molecule has 0 aromatic carbocycles. The summed E-state index contributed by atoms with van der Waals surface area (Å²) in [4.78, 5) is 7.92. The molecule has 0 radical (unpaired) electrons. The summed E-state index contributed by atoms with van der Waals surface area (Å²) < 4.78 is 0. The van der Waals surface area contributed by atoms with E-state index in [1.807, 2.05) is 18.3 Å². The second kappa shape index (κ2) is 5.88. The van der Waals surface area contributed by atoms with Gasteiger partial charge in [0.2, 0.25) is 0 Å². The molecule has 0 fully saturated rings. The van der Waals surface area contributed by atoms with Crippen LogP contribution in [0.2, 0.25) is 0 Å². The Labute approximate surface area is 83.6 Å². The summed E-state index contributed by atoms with van der Waals surface area (Å²) in [5, 5.41) is 2.94. The molecular weight excluding hydrogens is 176 g/mol. The van der Waals surface area contributed by atoms with E-state index in [2.05, 4.69) is 15.3 Å². The summed E-state index contributed by atoms with van der Waals surface area (Å²) in [6, 6.07) is 3.84. The Morgan fingerprint density at radius 1 is 1.57 bits per heavy atom. The van der Waals surface area contributed by atoms with Gasteiger partial charge in [-0.25, -0.2) is 0 Å². The average Bonchev–Trinajstić information content (AvgIpc) is 2.25. The molecule has 1 rings (SSSR count). The van der Waals surface area contributed by atoms with E-state index in [-0.39, 0.29) is 0 Å². The maximum Gasteiger partial charge on any atom is 0.0623 e. The van der Waals surface area contributed by atoms with E-state index in [0.717, 1.165) is 11.1 Å². The van der Waals surface area contributed by atoms with Crippen LogP contribution in [0.1, 0.15) is 5.56 Å². The highest BCUT2D eigenvalue weighted by molar-refractivity contribution is 6.09. The van der Waals surface area contributed by atoms with E-state index in [1.165, 1.54) is 0 Å². The molecule has 4 heteroatoms. The Hall–Kier alpha value is -1.68. The van der Waals surface area contributed by atoms with Crippen molar-refractivity contribution in [2.45, 2.75) is 0 Å². The number of hydrogen-bond acceptors (Lipinski definition) is 4. The third-order valence-corrected chi connectivity index (χ3v) is 1.66. The van der Waals surface area contributed by atoms with Gasteiger partial charge in [0.1, 0.15) is 0 Å². The quantitative estimate of drug-likeness (QED) is 0.540. The lowest BCUT2D eigenvalue weighted by Gasteiger charge is -2.02. The third-order valence-electron chi connectivity index (χ3n) is 1.66. The van der Waals surface area contributed by atoms with Crippen LogP contribution < -0.4 is 11.1 Å². The van der Waals surface area contributed by atoms with Crippen LogP contribution in [0.3, 0.4) is 0 Å². The molecule has 0 bridgehead atoms. The van der Waals surface area contributed by atoms with E-state index >= 15 is 0 Å². The van der Waals surface area contributed by atoms with E-state index in [0.29, 0.717) is 6.67 Å². The molecule has 1 heterocycles. The standard InChI is InChI=1S/C10H14N4/c1-12-6-10(7-14-8-11)9-2-4-13-5-3-9/h2-7,14H,8,11H2,1H3. The topological polar surface area (TPSA) is 63.3 Å². The van der Waals surface area contributed by atoms with Crippen molar-refractivity contribution in [3.8, 4) is 0 Å². The van der Waals surface area contributed by atoms with Crippen LogP contribution in [0.15, 0.2) is 35.7 Å². The van der Waals surface area contributed by atoms with Crippen molar-refractivity contribution in [3.63, 3.8) is 0 Å². The molecule has 0 spiro atoms. The van der Waals surface area contributed by atoms with E-state index in [4.69, 9.17) is 5.73 Å². The number of nitrogens with two attached hydrogens (primary N) is 1. The highest BCUT2D eigenvalue weighted by Crippen LogP contribution is 2.09. The van der Waals surface area contributed by atoms with Gasteiger partial charge in [0.15, 0.2) is 0 Å². The van der Waals surface area contributed by atoms with Crippen molar-refractivity contribution in [1.29, 1.82) is 0 Å². The smallest absolute Gasteiger partial charge is 0.0623 e. The number of nitrogens with one attached hydrogen (secondary N) is 1. The van der Waals surface area contributed by atoms with Gasteiger partial charge in [0.25, 0.3) is 0 Å². The molecule has 4 nitrogen and oxygen atoms in total. The van der Waals surface area contributed by atoms with Crippen LogP contribution in [0.5, 0.6) is 0 Å². The van der Waals surface area contributed by atoms with Gasteiger partial charge in [0.05, 0.1) is 6.67 Å². The SMILES string of the molecule is CN=CC(=CNCN)c1ccncc1.